The monoisotopic (exact) mass is 230 g/mol. The maximum absolute atomic E-state index is 13.3. The Kier molecular flexibility index (Phi) is 3.45. The smallest absolute Gasteiger partial charge is 0.138 e. The molecule has 0 amide bonds. The molecule has 1 aromatic carbocycles. The van der Waals surface area contributed by atoms with Gasteiger partial charge in [0.15, 0.2) is 0 Å². The first-order valence-electron chi connectivity index (χ1n) is 5.12. The van der Waals surface area contributed by atoms with Gasteiger partial charge < -0.3 is 10.1 Å². The molecular weight excluding hydrogens is 219 g/mol. The fourth-order valence-electron chi connectivity index (χ4n) is 1.34. The van der Waals surface area contributed by atoms with Gasteiger partial charge in [-0.25, -0.2) is 4.39 Å². The van der Waals surface area contributed by atoms with Gasteiger partial charge in [-0.2, -0.15) is 0 Å². The van der Waals surface area contributed by atoms with E-state index in [0.29, 0.717) is 17.0 Å². The molecule has 4 heteroatoms. The molecule has 2 aromatic rings. The summed E-state index contributed by atoms with van der Waals surface area (Å²) in [7, 11) is 0. The van der Waals surface area contributed by atoms with Gasteiger partial charge in [-0.1, -0.05) is 18.2 Å². The van der Waals surface area contributed by atoms with Crippen LogP contribution in [-0.2, 0) is 6.61 Å². The highest BCUT2D eigenvalue weighted by Crippen LogP contribution is 2.13. The minimum absolute atomic E-state index is 0.165. The Morgan fingerprint density at radius 1 is 1.24 bits per heavy atom. The SMILES string of the molecule is N=Cc1ccc(OCc2ccccc2F)cn1. The summed E-state index contributed by atoms with van der Waals surface area (Å²) < 4.78 is 18.7. The van der Waals surface area contributed by atoms with Crippen molar-refractivity contribution >= 4 is 6.21 Å². The van der Waals surface area contributed by atoms with Crippen molar-refractivity contribution < 1.29 is 9.13 Å². The predicted molar refractivity (Wildman–Crippen MR) is 62.9 cm³/mol. The number of benzene rings is 1. The third-order valence-corrected chi connectivity index (χ3v) is 2.26. The lowest BCUT2D eigenvalue weighted by Crippen LogP contribution is -1.98. The first-order chi connectivity index (χ1) is 8.29. The summed E-state index contributed by atoms with van der Waals surface area (Å²) >= 11 is 0. The van der Waals surface area contributed by atoms with Crippen molar-refractivity contribution in [2.45, 2.75) is 6.61 Å². The molecule has 0 saturated carbocycles. The Morgan fingerprint density at radius 3 is 2.71 bits per heavy atom. The molecule has 17 heavy (non-hydrogen) atoms. The summed E-state index contributed by atoms with van der Waals surface area (Å²) in [6.45, 7) is 0.165. The summed E-state index contributed by atoms with van der Waals surface area (Å²) in [5.41, 5.74) is 1.06. The zero-order chi connectivity index (χ0) is 12.1. The number of ether oxygens (including phenoxy) is 1. The number of rotatable bonds is 4. The summed E-state index contributed by atoms with van der Waals surface area (Å²) in [4.78, 5) is 3.97. The number of halogens is 1. The highest BCUT2D eigenvalue weighted by atomic mass is 19.1. The lowest BCUT2D eigenvalue weighted by molar-refractivity contribution is 0.298. The Balaban J connectivity index is 2.02. The molecule has 2 rings (SSSR count). The van der Waals surface area contributed by atoms with E-state index in [-0.39, 0.29) is 12.4 Å². The summed E-state index contributed by atoms with van der Waals surface area (Å²) in [5.74, 6) is 0.274. The lowest BCUT2D eigenvalue weighted by atomic mass is 10.2. The summed E-state index contributed by atoms with van der Waals surface area (Å²) in [6.07, 6.45) is 2.67. The third-order valence-electron chi connectivity index (χ3n) is 2.26. The van der Waals surface area contributed by atoms with Crippen molar-refractivity contribution in [3.05, 3.63) is 59.7 Å². The Labute approximate surface area is 98.4 Å². The van der Waals surface area contributed by atoms with E-state index in [1.807, 2.05) is 0 Å². The van der Waals surface area contributed by atoms with Gasteiger partial charge >= 0.3 is 0 Å². The molecule has 1 N–H and O–H groups in total. The second kappa shape index (κ2) is 5.21. The van der Waals surface area contributed by atoms with E-state index in [2.05, 4.69) is 4.98 Å². The fraction of sp³-hybridized carbons (Fsp3) is 0.0769. The van der Waals surface area contributed by atoms with Crippen molar-refractivity contribution in [2.75, 3.05) is 0 Å². The molecule has 0 unspecified atom stereocenters. The average Bonchev–Trinajstić information content (AvgIpc) is 2.38. The second-order valence-corrected chi connectivity index (χ2v) is 3.44. The van der Waals surface area contributed by atoms with Crippen LogP contribution in [0.3, 0.4) is 0 Å². The molecule has 1 aromatic heterocycles. The molecule has 0 bridgehead atoms. The molecule has 0 saturated heterocycles. The van der Waals surface area contributed by atoms with Crippen LogP contribution in [0.1, 0.15) is 11.3 Å². The normalized spacial score (nSPS) is 9.94. The minimum Gasteiger partial charge on any atom is -0.487 e. The van der Waals surface area contributed by atoms with Crippen molar-refractivity contribution in [1.29, 1.82) is 5.41 Å². The van der Waals surface area contributed by atoms with Crippen LogP contribution in [-0.4, -0.2) is 11.2 Å². The average molecular weight is 230 g/mol. The fourth-order valence-corrected chi connectivity index (χ4v) is 1.34. The third kappa shape index (κ3) is 2.87. The molecule has 86 valence electrons. The van der Waals surface area contributed by atoms with Crippen molar-refractivity contribution in [1.82, 2.24) is 4.98 Å². The van der Waals surface area contributed by atoms with Crippen LogP contribution in [0.25, 0.3) is 0 Å². The van der Waals surface area contributed by atoms with E-state index in [9.17, 15) is 4.39 Å². The summed E-state index contributed by atoms with van der Waals surface area (Å²) in [5, 5.41) is 7.00. The zero-order valence-electron chi connectivity index (χ0n) is 9.06. The van der Waals surface area contributed by atoms with E-state index in [1.165, 1.54) is 12.3 Å². The van der Waals surface area contributed by atoms with E-state index in [1.54, 1.807) is 30.3 Å². The van der Waals surface area contributed by atoms with Crippen LogP contribution in [0.2, 0.25) is 0 Å². The zero-order valence-corrected chi connectivity index (χ0v) is 9.06. The Morgan fingerprint density at radius 2 is 2.06 bits per heavy atom. The van der Waals surface area contributed by atoms with Crippen LogP contribution in [0.15, 0.2) is 42.6 Å². The Bertz CT molecular complexity index is 511. The molecule has 3 nitrogen and oxygen atoms in total. The van der Waals surface area contributed by atoms with Crippen molar-refractivity contribution in [2.24, 2.45) is 0 Å². The van der Waals surface area contributed by atoms with Gasteiger partial charge in [0, 0.05) is 11.8 Å². The number of aromatic nitrogens is 1. The molecular formula is C13H11FN2O. The van der Waals surface area contributed by atoms with E-state index < -0.39 is 0 Å². The van der Waals surface area contributed by atoms with Crippen LogP contribution in [0.4, 0.5) is 4.39 Å². The van der Waals surface area contributed by atoms with Gasteiger partial charge in [0.05, 0.1) is 11.9 Å². The lowest BCUT2D eigenvalue weighted by Gasteiger charge is -2.06. The molecule has 0 aliphatic rings. The highest BCUT2D eigenvalue weighted by Gasteiger charge is 2.01. The molecule has 0 atom stereocenters. The van der Waals surface area contributed by atoms with E-state index >= 15 is 0 Å². The minimum atomic E-state index is -0.281. The van der Waals surface area contributed by atoms with Crippen molar-refractivity contribution in [3.63, 3.8) is 0 Å². The standard InChI is InChI=1S/C13H11FN2O/c14-13-4-2-1-3-10(13)9-17-12-6-5-11(7-15)16-8-12/h1-8,15H,9H2. The molecule has 0 aliphatic carbocycles. The van der Waals surface area contributed by atoms with Gasteiger partial charge in [0.2, 0.25) is 0 Å². The number of nitrogens with zero attached hydrogens (tertiary/aromatic N) is 1. The maximum atomic E-state index is 13.3. The largest absolute Gasteiger partial charge is 0.487 e. The van der Waals surface area contributed by atoms with Gasteiger partial charge in [0.25, 0.3) is 0 Å². The first-order valence-corrected chi connectivity index (χ1v) is 5.12. The predicted octanol–water partition coefficient (Wildman–Crippen LogP) is 2.80. The van der Waals surface area contributed by atoms with Crippen LogP contribution in [0, 0.1) is 11.2 Å². The number of nitrogens with one attached hydrogen (secondary N) is 1. The molecule has 0 fully saturated rings. The highest BCUT2D eigenvalue weighted by molar-refractivity contribution is 5.73. The van der Waals surface area contributed by atoms with E-state index in [4.69, 9.17) is 10.1 Å². The summed E-state index contributed by atoms with van der Waals surface area (Å²) in [6, 6.07) is 9.85. The van der Waals surface area contributed by atoms with E-state index in [0.717, 1.165) is 6.21 Å². The topological polar surface area (TPSA) is 46.0 Å². The number of hydrogen-bond acceptors (Lipinski definition) is 3. The van der Waals surface area contributed by atoms with Gasteiger partial charge in [-0.3, -0.25) is 4.98 Å². The van der Waals surface area contributed by atoms with Gasteiger partial charge in [0.1, 0.15) is 18.2 Å². The van der Waals surface area contributed by atoms with Crippen LogP contribution in [0.5, 0.6) is 5.75 Å². The van der Waals surface area contributed by atoms with Crippen LogP contribution < -0.4 is 4.74 Å². The molecule has 0 spiro atoms. The van der Waals surface area contributed by atoms with Gasteiger partial charge in [-0.05, 0) is 18.2 Å². The number of hydrogen-bond donors (Lipinski definition) is 1. The first kappa shape index (κ1) is 11.3. The second-order valence-electron chi connectivity index (χ2n) is 3.44. The van der Waals surface area contributed by atoms with Gasteiger partial charge in [-0.15, -0.1) is 0 Å². The quantitative estimate of drug-likeness (QED) is 0.821. The molecule has 1 heterocycles. The Hall–Kier alpha value is -2.23. The number of pyridine rings is 1. The van der Waals surface area contributed by atoms with Crippen molar-refractivity contribution in [3.8, 4) is 5.75 Å². The maximum Gasteiger partial charge on any atom is 0.138 e. The molecule has 0 radical (unpaired) electrons. The molecule has 0 aliphatic heterocycles. The van der Waals surface area contributed by atoms with Crippen LogP contribution >= 0.6 is 0 Å².